The van der Waals surface area contributed by atoms with Crippen LogP contribution in [0.5, 0.6) is 0 Å². The van der Waals surface area contributed by atoms with Crippen LogP contribution in [-0.4, -0.2) is 25.8 Å². The number of benzene rings is 1. The molecule has 0 heterocycles. The summed E-state index contributed by atoms with van der Waals surface area (Å²) in [4.78, 5) is 0. The minimum atomic E-state index is -0.297. The summed E-state index contributed by atoms with van der Waals surface area (Å²) in [5, 5.41) is 3.23. The van der Waals surface area contributed by atoms with E-state index in [1.165, 1.54) is 6.07 Å². The van der Waals surface area contributed by atoms with Crippen LogP contribution in [0.3, 0.4) is 0 Å². The molecule has 0 aliphatic heterocycles. The first-order valence-electron chi connectivity index (χ1n) is 6.13. The largest absolute Gasteiger partial charge is 0.377 e. The molecule has 1 rings (SSSR count). The van der Waals surface area contributed by atoms with E-state index in [-0.39, 0.29) is 17.5 Å². The van der Waals surface area contributed by atoms with E-state index in [1.807, 2.05) is 26.1 Å². The minimum absolute atomic E-state index is 0.0724. The molecule has 0 aliphatic rings. The van der Waals surface area contributed by atoms with E-state index in [4.69, 9.17) is 4.74 Å². The number of nitrogens with one attached hydrogen (secondary N) is 1. The Labute approximate surface area is 117 Å². The van der Waals surface area contributed by atoms with Gasteiger partial charge in [0.2, 0.25) is 0 Å². The molecule has 2 atom stereocenters. The summed E-state index contributed by atoms with van der Waals surface area (Å²) in [5.41, 5.74) is 0.406. The van der Waals surface area contributed by atoms with Crippen LogP contribution in [0.4, 0.5) is 4.39 Å². The molecule has 1 N–H and O–H groups in total. The molecule has 0 saturated carbocycles. The van der Waals surface area contributed by atoms with Gasteiger partial charge in [-0.25, -0.2) is 4.39 Å². The first kappa shape index (κ1) is 15.6. The van der Waals surface area contributed by atoms with E-state index in [0.29, 0.717) is 12.0 Å². The second-order valence-electron chi connectivity index (χ2n) is 4.65. The number of hydrogen-bond donors (Lipinski definition) is 1. The van der Waals surface area contributed by atoms with Gasteiger partial charge in [0.15, 0.2) is 0 Å². The summed E-state index contributed by atoms with van der Waals surface area (Å²) >= 11 is 3.27. The van der Waals surface area contributed by atoms with Crippen LogP contribution in [0.1, 0.15) is 25.8 Å². The maximum absolute atomic E-state index is 13.8. The fraction of sp³-hybridized carbons (Fsp3) is 0.571. The lowest BCUT2D eigenvalue weighted by Gasteiger charge is -2.35. The number of rotatable bonds is 6. The second kappa shape index (κ2) is 6.64. The van der Waals surface area contributed by atoms with Gasteiger partial charge in [0.05, 0.1) is 5.60 Å². The molecule has 0 spiro atoms. The molecule has 1 aromatic rings. The highest BCUT2D eigenvalue weighted by atomic mass is 79.9. The van der Waals surface area contributed by atoms with Gasteiger partial charge in [-0.05, 0) is 44.5 Å². The Kier molecular flexibility index (Phi) is 5.76. The molecule has 0 saturated heterocycles. The molecule has 0 fully saturated rings. The number of halogens is 2. The summed E-state index contributed by atoms with van der Waals surface area (Å²) in [7, 11) is 3.58. The van der Waals surface area contributed by atoms with Crippen LogP contribution < -0.4 is 5.32 Å². The second-order valence-corrected chi connectivity index (χ2v) is 5.57. The molecule has 18 heavy (non-hydrogen) atoms. The summed E-state index contributed by atoms with van der Waals surface area (Å²) in [6.07, 6.45) is 1.47. The molecular formula is C14H21BrFNO. The Morgan fingerprint density at radius 3 is 2.61 bits per heavy atom. The predicted octanol–water partition coefficient (Wildman–Crippen LogP) is 3.53. The van der Waals surface area contributed by atoms with Crippen LogP contribution in [-0.2, 0) is 11.2 Å². The Bertz CT molecular complexity index is 393. The maximum Gasteiger partial charge on any atom is 0.127 e. The third-order valence-corrected chi connectivity index (χ3v) is 4.19. The number of hydrogen-bond acceptors (Lipinski definition) is 2. The zero-order valence-corrected chi connectivity index (χ0v) is 13.0. The van der Waals surface area contributed by atoms with Crippen LogP contribution in [0.2, 0.25) is 0 Å². The van der Waals surface area contributed by atoms with Crippen molar-refractivity contribution in [3.63, 3.8) is 0 Å². The van der Waals surface area contributed by atoms with E-state index < -0.39 is 0 Å². The summed E-state index contributed by atoms with van der Waals surface area (Å²) in [5.74, 6) is -0.181. The lowest BCUT2D eigenvalue weighted by Crippen LogP contribution is -2.49. The van der Waals surface area contributed by atoms with Crippen molar-refractivity contribution in [2.45, 2.75) is 38.3 Å². The maximum atomic E-state index is 13.8. The zero-order valence-electron chi connectivity index (χ0n) is 11.4. The molecule has 0 amide bonds. The van der Waals surface area contributed by atoms with Crippen molar-refractivity contribution in [2.75, 3.05) is 14.2 Å². The highest BCUT2D eigenvalue weighted by molar-refractivity contribution is 9.10. The monoisotopic (exact) mass is 317 g/mol. The molecule has 1 aromatic carbocycles. The van der Waals surface area contributed by atoms with E-state index in [2.05, 4.69) is 28.2 Å². The predicted molar refractivity (Wildman–Crippen MR) is 76.4 cm³/mol. The number of ether oxygens (including phenoxy) is 1. The van der Waals surface area contributed by atoms with Gasteiger partial charge in [-0.2, -0.15) is 0 Å². The Hall–Kier alpha value is -0.450. The molecule has 4 heteroatoms. The lowest BCUT2D eigenvalue weighted by atomic mass is 9.88. The molecule has 102 valence electrons. The Balaban J connectivity index is 2.92. The summed E-state index contributed by atoms with van der Waals surface area (Å²) in [6.45, 7) is 4.12. The molecule has 0 bridgehead atoms. The minimum Gasteiger partial charge on any atom is -0.377 e. The van der Waals surface area contributed by atoms with Gasteiger partial charge in [-0.1, -0.05) is 28.9 Å². The summed E-state index contributed by atoms with van der Waals surface area (Å²) < 4.78 is 20.2. The van der Waals surface area contributed by atoms with Gasteiger partial charge >= 0.3 is 0 Å². The van der Waals surface area contributed by atoms with Crippen LogP contribution in [0.25, 0.3) is 0 Å². The van der Waals surface area contributed by atoms with Gasteiger partial charge in [-0.3, -0.25) is 0 Å². The molecule has 2 unspecified atom stereocenters. The lowest BCUT2D eigenvalue weighted by molar-refractivity contribution is -0.0270. The van der Waals surface area contributed by atoms with Crippen molar-refractivity contribution in [1.29, 1.82) is 0 Å². The highest BCUT2D eigenvalue weighted by Crippen LogP contribution is 2.24. The van der Waals surface area contributed by atoms with Gasteiger partial charge < -0.3 is 10.1 Å². The fourth-order valence-electron chi connectivity index (χ4n) is 2.06. The molecule has 2 nitrogen and oxygen atoms in total. The normalized spacial score (nSPS) is 16.3. The van der Waals surface area contributed by atoms with E-state index in [0.717, 1.165) is 10.9 Å². The fourth-order valence-corrected chi connectivity index (χ4v) is 2.40. The van der Waals surface area contributed by atoms with Crippen LogP contribution in [0, 0.1) is 5.82 Å². The molecule has 0 aromatic heterocycles. The van der Waals surface area contributed by atoms with Gasteiger partial charge in [0, 0.05) is 17.6 Å². The Morgan fingerprint density at radius 1 is 1.50 bits per heavy atom. The van der Waals surface area contributed by atoms with Crippen molar-refractivity contribution in [3.8, 4) is 0 Å². The van der Waals surface area contributed by atoms with E-state index in [9.17, 15) is 4.39 Å². The van der Waals surface area contributed by atoms with E-state index >= 15 is 0 Å². The van der Waals surface area contributed by atoms with Gasteiger partial charge in [0.25, 0.3) is 0 Å². The molecule has 0 radical (unpaired) electrons. The first-order chi connectivity index (χ1) is 8.46. The SMILES string of the molecule is CCC(C)(OC)C(Cc1ccc(Br)cc1F)NC. The highest BCUT2D eigenvalue weighted by Gasteiger charge is 2.31. The van der Waals surface area contributed by atoms with E-state index in [1.54, 1.807) is 7.11 Å². The van der Waals surface area contributed by atoms with Gasteiger partial charge in [0.1, 0.15) is 5.82 Å². The average Bonchev–Trinajstić information content (AvgIpc) is 2.37. The Morgan fingerprint density at radius 2 is 2.17 bits per heavy atom. The first-order valence-corrected chi connectivity index (χ1v) is 6.92. The smallest absolute Gasteiger partial charge is 0.127 e. The van der Waals surface area contributed by atoms with Crippen LogP contribution >= 0.6 is 15.9 Å². The van der Waals surface area contributed by atoms with Crippen molar-refractivity contribution in [2.24, 2.45) is 0 Å². The van der Waals surface area contributed by atoms with Crippen molar-refractivity contribution in [3.05, 3.63) is 34.1 Å². The van der Waals surface area contributed by atoms with Crippen LogP contribution in [0.15, 0.2) is 22.7 Å². The van der Waals surface area contributed by atoms with Crippen molar-refractivity contribution < 1.29 is 9.13 Å². The topological polar surface area (TPSA) is 21.3 Å². The van der Waals surface area contributed by atoms with Gasteiger partial charge in [-0.15, -0.1) is 0 Å². The number of likely N-dealkylation sites (N-methyl/N-ethyl adjacent to an activating group) is 1. The quantitative estimate of drug-likeness (QED) is 0.866. The molecule has 0 aliphatic carbocycles. The summed E-state index contributed by atoms with van der Waals surface area (Å²) in [6, 6.07) is 5.25. The third-order valence-electron chi connectivity index (χ3n) is 3.69. The zero-order chi connectivity index (χ0) is 13.8. The standard InChI is InChI=1S/C14H21BrFNO/c1-5-14(2,18-4)13(17-3)8-10-6-7-11(15)9-12(10)16/h6-7,9,13,17H,5,8H2,1-4H3. The molecular weight excluding hydrogens is 297 g/mol. The third kappa shape index (κ3) is 3.53. The van der Waals surface area contributed by atoms with Crippen molar-refractivity contribution in [1.82, 2.24) is 5.32 Å². The van der Waals surface area contributed by atoms with Crippen molar-refractivity contribution >= 4 is 15.9 Å². The number of methoxy groups -OCH3 is 1. The average molecular weight is 318 g/mol.